The first kappa shape index (κ1) is 12.6. The van der Waals surface area contributed by atoms with Gasteiger partial charge in [0.15, 0.2) is 11.5 Å². The number of nitrogens with two attached hydrogens (primary N) is 1. The number of hydrogen-bond donors (Lipinski definition) is 1. The minimum absolute atomic E-state index is 0.331. The van der Waals surface area contributed by atoms with Gasteiger partial charge in [-0.25, -0.2) is 0 Å². The van der Waals surface area contributed by atoms with Gasteiger partial charge in [-0.1, -0.05) is 13.0 Å². The molecule has 0 bridgehead atoms. The van der Waals surface area contributed by atoms with E-state index in [0.29, 0.717) is 18.6 Å². The van der Waals surface area contributed by atoms with E-state index in [1.54, 1.807) is 7.11 Å². The van der Waals surface area contributed by atoms with Crippen LogP contribution < -0.4 is 15.2 Å². The van der Waals surface area contributed by atoms with Crippen molar-refractivity contribution in [1.82, 2.24) is 0 Å². The Morgan fingerprint density at radius 1 is 1.41 bits per heavy atom. The monoisotopic (exact) mass is 253 g/mol. The number of rotatable bonds is 5. The van der Waals surface area contributed by atoms with Crippen LogP contribution in [0.15, 0.2) is 18.2 Å². The lowest BCUT2D eigenvalue weighted by Gasteiger charge is -2.27. The number of ether oxygens (including phenoxy) is 2. The molecule has 0 radical (unpaired) electrons. The molecule has 0 spiro atoms. The fraction of sp³-hybridized carbons (Fsp3) is 0.538. The lowest BCUT2D eigenvalue weighted by atomic mass is 10.0. The van der Waals surface area contributed by atoms with Crippen LogP contribution in [0.5, 0.6) is 11.5 Å². The summed E-state index contributed by atoms with van der Waals surface area (Å²) in [4.78, 5) is 0. The molecule has 0 aromatic heterocycles. The van der Waals surface area contributed by atoms with Crippen LogP contribution in [0.1, 0.15) is 18.4 Å². The van der Waals surface area contributed by atoms with Crippen LogP contribution in [-0.4, -0.2) is 31.3 Å². The fourth-order valence-corrected chi connectivity index (χ4v) is 2.25. The van der Waals surface area contributed by atoms with Crippen molar-refractivity contribution >= 4 is 11.8 Å². The second-order valence-electron chi connectivity index (χ2n) is 4.32. The van der Waals surface area contributed by atoms with Gasteiger partial charge in [-0.05, 0) is 30.2 Å². The van der Waals surface area contributed by atoms with Crippen molar-refractivity contribution in [3.05, 3.63) is 23.8 Å². The molecule has 1 atom stereocenters. The maximum Gasteiger partial charge on any atom is 0.161 e. The zero-order valence-electron chi connectivity index (χ0n) is 10.3. The predicted octanol–water partition coefficient (Wildman–Crippen LogP) is 2.25. The second kappa shape index (κ2) is 5.65. The number of methoxy groups -OCH3 is 1. The topological polar surface area (TPSA) is 44.5 Å². The Kier molecular flexibility index (Phi) is 4.18. The summed E-state index contributed by atoms with van der Waals surface area (Å²) in [6.07, 6.45) is 0.331. The normalized spacial score (nSPS) is 17.4. The summed E-state index contributed by atoms with van der Waals surface area (Å²) >= 11 is 1.91. The molecule has 1 heterocycles. The molecule has 3 nitrogen and oxygen atoms in total. The van der Waals surface area contributed by atoms with Gasteiger partial charge < -0.3 is 15.2 Å². The molecule has 17 heavy (non-hydrogen) atoms. The molecule has 2 N–H and O–H groups in total. The highest BCUT2D eigenvalue weighted by Gasteiger charge is 2.21. The molecule has 94 valence electrons. The first-order chi connectivity index (χ1) is 8.24. The largest absolute Gasteiger partial charge is 0.493 e. The molecule has 1 fully saturated rings. The van der Waals surface area contributed by atoms with Gasteiger partial charge in [-0.2, -0.15) is 11.8 Å². The first-order valence-electron chi connectivity index (χ1n) is 5.87. The zero-order chi connectivity index (χ0) is 12.3. The Hall–Kier alpha value is -0.870. The number of benzene rings is 1. The molecule has 4 heteroatoms. The second-order valence-corrected chi connectivity index (χ2v) is 5.40. The number of thioether (sulfide) groups is 1. The Morgan fingerprint density at radius 2 is 2.18 bits per heavy atom. The third kappa shape index (κ3) is 2.87. The van der Waals surface area contributed by atoms with E-state index in [2.05, 4.69) is 19.1 Å². The molecule has 1 unspecified atom stereocenters. The molecule has 1 saturated heterocycles. The third-order valence-corrected chi connectivity index (χ3v) is 4.23. The van der Waals surface area contributed by atoms with Crippen molar-refractivity contribution in [2.75, 3.05) is 25.2 Å². The highest BCUT2D eigenvalue weighted by Crippen LogP contribution is 2.33. The summed E-state index contributed by atoms with van der Waals surface area (Å²) in [5, 5.41) is 0. The van der Waals surface area contributed by atoms with Gasteiger partial charge in [0.05, 0.1) is 7.11 Å². The van der Waals surface area contributed by atoms with Crippen LogP contribution >= 0.6 is 11.8 Å². The van der Waals surface area contributed by atoms with Crippen molar-refractivity contribution in [2.24, 2.45) is 5.73 Å². The van der Waals surface area contributed by atoms with Crippen LogP contribution in [0, 0.1) is 0 Å². The maximum absolute atomic E-state index is 5.92. The van der Waals surface area contributed by atoms with Crippen molar-refractivity contribution < 1.29 is 9.47 Å². The van der Waals surface area contributed by atoms with Gasteiger partial charge in [0, 0.05) is 11.5 Å². The van der Waals surface area contributed by atoms with Crippen LogP contribution in [0.25, 0.3) is 0 Å². The van der Waals surface area contributed by atoms with E-state index in [0.717, 1.165) is 23.0 Å². The standard InChI is InChI=1S/C13H19NO2S/c1-9(6-14)10-3-4-12(15-2)13(5-10)16-11-7-17-8-11/h3-5,9,11H,6-8,14H2,1-2H3. The Labute approximate surface area is 107 Å². The average Bonchev–Trinajstić information content (AvgIpc) is 2.32. The van der Waals surface area contributed by atoms with E-state index < -0.39 is 0 Å². The Balaban J connectivity index is 2.19. The average molecular weight is 253 g/mol. The molecule has 1 aromatic carbocycles. The SMILES string of the molecule is COc1ccc(C(C)CN)cc1OC1CSC1. The number of hydrogen-bond acceptors (Lipinski definition) is 4. The summed E-state index contributed by atoms with van der Waals surface area (Å²) in [6.45, 7) is 2.76. The van der Waals surface area contributed by atoms with Crippen molar-refractivity contribution in [2.45, 2.75) is 18.9 Å². The van der Waals surface area contributed by atoms with E-state index in [-0.39, 0.29) is 0 Å². The molecule has 0 amide bonds. The van der Waals surface area contributed by atoms with Gasteiger partial charge in [0.1, 0.15) is 6.10 Å². The summed E-state index contributed by atoms with van der Waals surface area (Å²) in [7, 11) is 1.67. The third-order valence-electron chi connectivity index (χ3n) is 3.01. The van der Waals surface area contributed by atoms with Crippen molar-refractivity contribution in [3.63, 3.8) is 0 Å². The summed E-state index contributed by atoms with van der Waals surface area (Å²) < 4.78 is 11.2. The van der Waals surface area contributed by atoms with Gasteiger partial charge in [-0.3, -0.25) is 0 Å². The van der Waals surface area contributed by atoms with Crippen molar-refractivity contribution in [3.8, 4) is 11.5 Å². The molecule has 1 aliphatic heterocycles. The van der Waals surface area contributed by atoms with Gasteiger partial charge in [0.25, 0.3) is 0 Å². The smallest absolute Gasteiger partial charge is 0.161 e. The first-order valence-corrected chi connectivity index (χ1v) is 7.02. The molecule has 0 saturated carbocycles. The molecule has 1 aliphatic rings. The zero-order valence-corrected chi connectivity index (χ0v) is 11.1. The van der Waals surface area contributed by atoms with Crippen LogP contribution in [0.4, 0.5) is 0 Å². The predicted molar refractivity (Wildman–Crippen MR) is 72.2 cm³/mol. The highest BCUT2D eigenvalue weighted by molar-refractivity contribution is 8.00. The highest BCUT2D eigenvalue weighted by atomic mass is 32.2. The summed E-state index contributed by atoms with van der Waals surface area (Å²) in [5.41, 5.74) is 6.89. The van der Waals surface area contributed by atoms with E-state index in [1.165, 1.54) is 5.56 Å². The van der Waals surface area contributed by atoms with Crippen molar-refractivity contribution in [1.29, 1.82) is 0 Å². The quantitative estimate of drug-likeness (QED) is 0.874. The molecular formula is C13H19NO2S. The van der Waals surface area contributed by atoms with Gasteiger partial charge in [-0.15, -0.1) is 0 Å². The summed E-state index contributed by atoms with van der Waals surface area (Å²) in [6, 6.07) is 6.07. The Morgan fingerprint density at radius 3 is 2.71 bits per heavy atom. The van der Waals surface area contributed by atoms with E-state index >= 15 is 0 Å². The minimum Gasteiger partial charge on any atom is -0.493 e. The lowest BCUT2D eigenvalue weighted by molar-refractivity contribution is 0.228. The summed E-state index contributed by atoms with van der Waals surface area (Å²) in [5.74, 6) is 4.13. The Bertz CT molecular complexity index is 380. The molecular weight excluding hydrogens is 234 g/mol. The van der Waals surface area contributed by atoms with Crippen LogP contribution in [0.2, 0.25) is 0 Å². The van der Waals surface area contributed by atoms with Gasteiger partial charge >= 0.3 is 0 Å². The van der Waals surface area contributed by atoms with E-state index in [1.807, 2.05) is 17.8 Å². The van der Waals surface area contributed by atoms with E-state index in [4.69, 9.17) is 15.2 Å². The fourth-order valence-electron chi connectivity index (χ4n) is 1.69. The lowest BCUT2D eigenvalue weighted by Crippen LogP contribution is -2.31. The molecule has 0 aliphatic carbocycles. The van der Waals surface area contributed by atoms with E-state index in [9.17, 15) is 0 Å². The molecule has 2 rings (SSSR count). The van der Waals surface area contributed by atoms with Gasteiger partial charge in [0.2, 0.25) is 0 Å². The van der Waals surface area contributed by atoms with Crippen LogP contribution in [0.3, 0.4) is 0 Å². The van der Waals surface area contributed by atoms with Crippen LogP contribution in [-0.2, 0) is 0 Å². The molecule has 1 aromatic rings. The minimum atomic E-state index is 0.331. The maximum atomic E-state index is 5.92.